The summed E-state index contributed by atoms with van der Waals surface area (Å²) in [7, 11) is 1.68. The Kier molecular flexibility index (Phi) is 4.87. The van der Waals surface area contributed by atoms with E-state index in [1.165, 1.54) is 11.2 Å². The second-order valence-electron chi connectivity index (χ2n) is 5.54. The van der Waals surface area contributed by atoms with Crippen molar-refractivity contribution in [3.8, 4) is 0 Å². The topological polar surface area (TPSA) is 74.5 Å². The number of likely N-dealkylation sites (tertiary alicyclic amines) is 1. The Morgan fingerprint density at radius 3 is 3.22 bits per heavy atom. The average molecular weight is 339 g/mol. The van der Waals surface area contributed by atoms with E-state index in [-0.39, 0.29) is 12.1 Å². The van der Waals surface area contributed by atoms with Gasteiger partial charge in [0, 0.05) is 43.8 Å². The van der Waals surface area contributed by atoms with E-state index >= 15 is 0 Å². The lowest BCUT2D eigenvalue weighted by Gasteiger charge is -2.27. The third kappa shape index (κ3) is 4.05. The zero-order valence-electron chi connectivity index (χ0n) is 12.7. The summed E-state index contributed by atoms with van der Waals surface area (Å²) in [5.74, 6) is 0.358. The summed E-state index contributed by atoms with van der Waals surface area (Å²) in [6.07, 6.45) is 2.69. The maximum Gasteiger partial charge on any atom is 0.322 e. The summed E-state index contributed by atoms with van der Waals surface area (Å²) >= 11 is 1.55. The number of anilines is 1. The zero-order chi connectivity index (χ0) is 16.2. The van der Waals surface area contributed by atoms with E-state index in [2.05, 4.69) is 20.0 Å². The molecule has 2 aromatic rings. The first-order valence-corrected chi connectivity index (χ1v) is 8.19. The van der Waals surface area contributed by atoms with Gasteiger partial charge >= 0.3 is 6.03 Å². The number of halogens is 1. The maximum absolute atomic E-state index is 13.8. The van der Waals surface area contributed by atoms with Gasteiger partial charge in [0.15, 0.2) is 5.82 Å². The monoisotopic (exact) mass is 339 g/mol. The third-order valence-electron chi connectivity index (χ3n) is 3.80. The van der Waals surface area contributed by atoms with Crippen molar-refractivity contribution in [2.75, 3.05) is 25.5 Å². The summed E-state index contributed by atoms with van der Waals surface area (Å²) < 4.78 is 18.5. The standard InChI is InChI=1S/C14H18FN5O2S/c1-19(14(21)17-12-2-4-22-18-12)8-11-6-10(15)7-20(11)9-13-16-3-5-23-13/h2-5,10-11H,6-9H2,1H3,(H,17,18,21)/t10-,11-/m0/s1. The first-order valence-electron chi connectivity index (χ1n) is 7.31. The molecule has 0 spiro atoms. The van der Waals surface area contributed by atoms with E-state index in [0.29, 0.717) is 31.9 Å². The SMILES string of the molecule is CN(C[C@@H]1C[C@H](F)CN1Cc1nccs1)C(=O)Nc1ccon1. The van der Waals surface area contributed by atoms with Gasteiger partial charge < -0.3 is 9.42 Å². The number of hydrogen-bond donors (Lipinski definition) is 1. The van der Waals surface area contributed by atoms with Crippen LogP contribution in [0.2, 0.25) is 0 Å². The van der Waals surface area contributed by atoms with Crippen LogP contribution in [0.4, 0.5) is 15.0 Å². The summed E-state index contributed by atoms with van der Waals surface area (Å²) in [6, 6.07) is 1.24. The van der Waals surface area contributed by atoms with E-state index in [1.807, 2.05) is 10.3 Å². The molecule has 0 radical (unpaired) electrons. The molecule has 0 unspecified atom stereocenters. The highest BCUT2D eigenvalue weighted by molar-refractivity contribution is 7.09. The van der Waals surface area contributed by atoms with Crippen LogP contribution in [-0.4, -0.2) is 58.3 Å². The Labute approximate surface area is 137 Å². The fourth-order valence-electron chi connectivity index (χ4n) is 2.69. The molecule has 2 amide bonds. The molecule has 2 aromatic heterocycles. The zero-order valence-corrected chi connectivity index (χ0v) is 13.5. The van der Waals surface area contributed by atoms with Gasteiger partial charge in [0.05, 0.1) is 6.54 Å². The summed E-state index contributed by atoms with van der Waals surface area (Å²) in [5.41, 5.74) is 0. The number of nitrogens with zero attached hydrogens (tertiary/aromatic N) is 4. The van der Waals surface area contributed by atoms with Crippen LogP contribution >= 0.6 is 11.3 Å². The largest absolute Gasteiger partial charge is 0.363 e. The van der Waals surface area contributed by atoms with Crippen LogP contribution in [0.25, 0.3) is 0 Å². The minimum Gasteiger partial charge on any atom is -0.363 e. The van der Waals surface area contributed by atoms with Crippen LogP contribution in [0.5, 0.6) is 0 Å². The molecule has 3 rings (SSSR count). The highest BCUT2D eigenvalue weighted by Crippen LogP contribution is 2.24. The van der Waals surface area contributed by atoms with Gasteiger partial charge in [-0.2, -0.15) is 0 Å². The molecule has 7 nitrogen and oxygen atoms in total. The molecular formula is C14H18FN5O2S. The Morgan fingerprint density at radius 1 is 1.65 bits per heavy atom. The van der Waals surface area contributed by atoms with Crippen molar-refractivity contribution in [3.05, 3.63) is 28.9 Å². The second-order valence-corrected chi connectivity index (χ2v) is 6.52. The highest BCUT2D eigenvalue weighted by atomic mass is 32.1. The first-order chi connectivity index (χ1) is 11.1. The second kappa shape index (κ2) is 7.05. The van der Waals surface area contributed by atoms with Gasteiger partial charge in [0.1, 0.15) is 17.4 Å². The normalized spacial score (nSPS) is 21.5. The molecule has 9 heteroatoms. The van der Waals surface area contributed by atoms with E-state index in [4.69, 9.17) is 0 Å². The number of aromatic nitrogens is 2. The predicted molar refractivity (Wildman–Crippen MR) is 84.0 cm³/mol. The van der Waals surface area contributed by atoms with Crippen LogP contribution < -0.4 is 5.32 Å². The van der Waals surface area contributed by atoms with Crippen LogP contribution in [0.3, 0.4) is 0 Å². The molecule has 0 aromatic carbocycles. The summed E-state index contributed by atoms with van der Waals surface area (Å²) in [4.78, 5) is 19.9. The van der Waals surface area contributed by atoms with Gasteiger partial charge in [0.2, 0.25) is 0 Å². The molecule has 0 saturated carbocycles. The minimum atomic E-state index is -0.869. The van der Waals surface area contributed by atoms with Gasteiger partial charge in [-0.25, -0.2) is 14.2 Å². The van der Waals surface area contributed by atoms with Crippen molar-refractivity contribution < 1.29 is 13.7 Å². The third-order valence-corrected chi connectivity index (χ3v) is 4.57. The highest BCUT2D eigenvalue weighted by Gasteiger charge is 2.33. The molecule has 0 aliphatic carbocycles. The number of hydrogen-bond acceptors (Lipinski definition) is 6. The van der Waals surface area contributed by atoms with Gasteiger partial charge in [-0.3, -0.25) is 10.2 Å². The maximum atomic E-state index is 13.8. The number of amides is 2. The smallest absolute Gasteiger partial charge is 0.322 e. The molecule has 1 aliphatic heterocycles. The lowest BCUT2D eigenvalue weighted by Crippen LogP contribution is -2.42. The number of alkyl halides is 1. The lowest BCUT2D eigenvalue weighted by atomic mass is 10.2. The van der Waals surface area contributed by atoms with Crippen LogP contribution in [0, 0.1) is 0 Å². The molecule has 1 saturated heterocycles. The van der Waals surface area contributed by atoms with Gasteiger partial charge in [-0.15, -0.1) is 11.3 Å². The van der Waals surface area contributed by atoms with Crippen molar-refractivity contribution in [1.29, 1.82) is 0 Å². The predicted octanol–water partition coefficient (Wildman–Crippen LogP) is 2.21. The Balaban J connectivity index is 1.57. The van der Waals surface area contributed by atoms with Crippen molar-refractivity contribution in [3.63, 3.8) is 0 Å². The molecule has 2 atom stereocenters. The lowest BCUT2D eigenvalue weighted by molar-refractivity contribution is 0.182. The van der Waals surface area contributed by atoms with Gasteiger partial charge in [0.25, 0.3) is 0 Å². The fourth-order valence-corrected chi connectivity index (χ4v) is 3.33. The number of carbonyl (C=O) groups is 1. The molecule has 1 aliphatic rings. The van der Waals surface area contributed by atoms with Crippen molar-refractivity contribution >= 4 is 23.2 Å². The quantitative estimate of drug-likeness (QED) is 0.904. The average Bonchev–Trinajstić information content (AvgIpc) is 3.23. The van der Waals surface area contributed by atoms with E-state index in [9.17, 15) is 9.18 Å². The number of carbonyl (C=O) groups excluding carboxylic acids is 1. The molecule has 3 heterocycles. The molecule has 0 bridgehead atoms. The summed E-state index contributed by atoms with van der Waals surface area (Å²) in [5, 5.41) is 9.13. The number of nitrogens with one attached hydrogen (secondary N) is 1. The Morgan fingerprint density at radius 2 is 2.52 bits per heavy atom. The van der Waals surface area contributed by atoms with Crippen molar-refractivity contribution in [2.45, 2.75) is 25.2 Å². The molecule has 1 fully saturated rings. The van der Waals surface area contributed by atoms with Crippen LogP contribution in [0.15, 0.2) is 28.4 Å². The van der Waals surface area contributed by atoms with Gasteiger partial charge in [-0.05, 0) is 6.42 Å². The van der Waals surface area contributed by atoms with Crippen LogP contribution in [0.1, 0.15) is 11.4 Å². The Hall–Kier alpha value is -2.00. The summed E-state index contributed by atoms with van der Waals surface area (Å²) in [6.45, 7) is 1.43. The van der Waals surface area contributed by atoms with E-state index in [0.717, 1.165) is 5.01 Å². The molecular weight excluding hydrogens is 321 g/mol. The van der Waals surface area contributed by atoms with Crippen LogP contribution in [-0.2, 0) is 6.54 Å². The molecule has 124 valence electrons. The number of urea groups is 1. The van der Waals surface area contributed by atoms with Crippen molar-refractivity contribution in [1.82, 2.24) is 19.9 Å². The first kappa shape index (κ1) is 15.9. The van der Waals surface area contributed by atoms with Gasteiger partial charge in [-0.1, -0.05) is 5.16 Å². The Bertz CT molecular complexity index is 621. The number of rotatable bonds is 5. The fraction of sp³-hybridized carbons (Fsp3) is 0.500. The number of likely N-dealkylation sites (N-methyl/N-ethyl adjacent to an activating group) is 1. The molecule has 23 heavy (non-hydrogen) atoms. The van der Waals surface area contributed by atoms with E-state index in [1.54, 1.807) is 30.6 Å². The van der Waals surface area contributed by atoms with Crippen molar-refractivity contribution in [2.24, 2.45) is 0 Å². The molecule has 1 N–H and O–H groups in total. The number of thiazole rings is 1. The minimum absolute atomic E-state index is 0.0260. The van der Waals surface area contributed by atoms with E-state index < -0.39 is 6.17 Å².